The van der Waals surface area contributed by atoms with Gasteiger partial charge in [-0.2, -0.15) is 5.10 Å². The third-order valence-electron chi connectivity index (χ3n) is 4.67. The Hall–Kier alpha value is -3.58. The van der Waals surface area contributed by atoms with Gasteiger partial charge < -0.3 is 10.7 Å². The molecular formula is C21H20N6O. The van der Waals surface area contributed by atoms with Gasteiger partial charge in [-0.25, -0.2) is 5.43 Å². The standard InChI is InChI=1S/C21H20N6O/c1-13-15(7-8-22)19(14-5-3-2-4-6-14)17(25-13)11-16-20(26-27-21(16)28)18-12-23-9-10-24-18/h2-6,9-12,25H,7-8,22H2,1H3,(H,27,28)/b16-11+. The maximum Gasteiger partial charge on any atom is 0.273 e. The van der Waals surface area contributed by atoms with E-state index in [0.29, 0.717) is 23.5 Å². The number of benzene rings is 1. The fourth-order valence-electron chi connectivity index (χ4n) is 3.42. The first kappa shape index (κ1) is 17.8. The number of aromatic amines is 1. The second-order valence-electron chi connectivity index (χ2n) is 6.47. The molecule has 0 fully saturated rings. The van der Waals surface area contributed by atoms with Crippen LogP contribution < -0.4 is 11.2 Å². The zero-order chi connectivity index (χ0) is 19.5. The summed E-state index contributed by atoms with van der Waals surface area (Å²) in [5.74, 6) is -0.271. The van der Waals surface area contributed by atoms with Crippen molar-refractivity contribution in [2.45, 2.75) is 13.3 Å². The van der Waals surface area contributed by atoms with Gasteiger partial charge in [0.25, 0.3) is 5.91 Å². The molecule has 3 heterocycles. The third-order valence-corrected chi connectivity index (χ3v) is 4.67. The van der Waals surface area contributed by atoms with Gasteiger partial charge in [0.15, 0.2) is 0 Å². The summed E-state index contributed by atoms with van der Waals surface area (Å²) in [5.41, 5.74) is 15.0. The molecule has 7 heteroatoms. The maximum atomic E-state index is 12.5. The fraction of sp³-hybridized carbons (Fsp3) is 0.143. The SMILES string of the molecule is Cc1[nH]c(/C=C2/C(=O)NN=C2c2cnccn2)c(-c2ccccc2)c1CCN. The van der Waals surface area contributed by atoms with Crippen LogP contribution in [0.2, 0.25) is 0 Å². The van der Waals surface area contributed by atoms with Crippen LogP contribution in [0.3, 0.4) is 0 Å². The number of carbonyl (C=O) groups is 1. The average molecular weight is 372 g/mol. The summed E-state index contributed by atoms with van der Waals surface area (Å²) in [5, 5.41) is 4.14. The number of rotatable bonds is 5. The molecule has 4 rings (SSSR count). The summed E-state index contributed by atoms with van der Waals surface area (Å²) in [4.78, 5) is 24.2. The molecule has 1 aliphatic rings. The fourth-order valence-corrected chi connectivity index (χ4v) is 3.42. The minimum atomic E-state index is -0.271. The minimum Gasteiger partial charge on any atom is -0.358 e. The molecule has 0 saturated carbocycles. The van der Waals surface area contributed by atoms with E-state index in [9.17, 15) is 4.79 Å². The lowest BCUT2D eigenvalue weighted by Gasteiger charge is -2.07. The molecule has 0 unspecified atom stereocenters. The Kier molecular flexibility index (Phi) is 4.82. The van der Waals surface area contributed by atoms with Crippen LogP contribution in [0.25, 0.3) is 17.2 Å². The number of nitrogens with one attached hydrogen (secondary N) is 2. The number of aromatic nitrogens is 3. The van der Waals surface area contributed by atoms with Gasteiger partial charge in [0.2, 0.25) is 0 Å². The quantitative estimate of drug-likeness (QED) is 0.597. The van der Waals surface area contributed by atoms with Crippen molar-refractivity contribution in [2.75, 3.05) is 6.54 Å². The first-order valence-electron chi connectivity index (χ1n) is 9.02. The summed E-state index contributed by atoms with van der Waals surface area (Å²) >= 11 is 0. The van der Waals surface area contributed by atoms with E-state index >= 15 is 0 Å². The molecule has 0 bridgehead atoms. The highest BCUT2D eigenvalue weighted by Gasteiger charge is 2.26. The van der Waals surface area contributed by atoms with Crippen molar-refractivity contribution in [2.24, 2.45) is 10.8 Å². The minimum absolute atomic E-state index is 0.271. The number of hydrogen-bond acceptors (Lipinski definition) is 5. The second-order valence-corrected chi connectivity index (χ2v) is 6.47. The van der Waals surface area contributed by atoms with Crippen molar-refractivity contribution >= 4 is 17.7 Å². The predicted molar refractivity (Wildman–Crippen MR) is 108 cm³/mol. The Labute approximate surface area is 162 Å². The maximum absolute atomic E-state index is 12.5. The average Bonchev–Trinajstić information content (AvgIpc) is 3.24. The van der Waals surface area contributed by atoms with Crippen LogP contribution >= 0.6 is 0 Å². The number of hydrazone groups is 1. The van der Waals surface area contributed by atoms with E-state index in [2.05, 4.69) is 37.6 Å². The molecule has 3 aromatic rings. The summed E-state index contributed by atoms with van der Waals surface area (Å²) in [6.45, 7) is 2.56. The Morgan fingerprint density at radius 3 is 2.71 bits per heavy atom. The van der Waals surface area contributed by atoms with Crippen molar-refractivity contribution in [3.63, 3.8) is 0 Å². The molecule has 1 amide bonds. The lowest BCUT2D eigenvalue weighted by Crippen LogP contribution is -2.14. The van der Waals surface area contributed by atoms with E-state index in [4.69, 9.17) is 5.73 Å². The van der Waals surface area contributed by atoms with Gasteiger partial charge in [0.05, 0.1) is 11.8 Å². The van der Waals surface area contributed by atoms with Crippen molar-refractivity contribution in [1.82, 2.24) is 20.4 Å². The van der Waals surface area contributed by atoms with Crippen LogP contribution in [0.4, 0.5) is 0 Å². The first-order valence-corrected chi connectivity index (χ1v) is 9.02. The summed E-state index contributed by atoms with van der Waals surface area (Å²) in [6, 6.07) is 10.1. The van der Waals surface area contributed by atoms with Crippen LogP contribution in [0, 0.1) is 6.92 Å². The van der Waals surface area contributed by atoms with Gasteiger partial charge >= 0.3 is 0 Å². The van der Waals surface area contributed by atoms with E-state index in [-0.39, 0.29) is 5.91 Å². The number of carbonyl (C=O) groups excluding carboxylic acids is 1. The van der Waals surface area contributed by atoms with Gasteiger partial charge in [-0.15, -0.1) is 0 Å². The zero-order valence-electron chi connectivity index (χ0n) is 15.4. The Morgan fingerprint density at radius 2 is 2.00 bits per heavy atom. The van der Waals surface area contributed by atoms with E-state index in [1.807, 2.05) is 31.2 Å². The van der Waals surface area contributed by atoms with Crippen molar-refractivity contribution in [3.8, 4) is 11.1 Å². The smallest absolute Gasteiger partial charge is 0.273 e. The number of nitrogens with zero attached hydrogens (tertiary/aromatic N) is 3. The number of hydrogen-bond donors (Lipinski definition) is 3. The topological polar surface area (TPSA) is 109 Å². The Morgan fingerprint density at radius 1 is 1.18 bits per heavy atom. The number of nitrogens with two attached hydrogens (primary N) is 1. The lowest BCUT2D eigenvalue weighted by atomic mass is 9.96. The second kappa shape index (κ2) is 7.58. The molecule has 0 aliphatic carbocycles. The van der Waals surface area contributed by atoms with Crippen molar-refractivity contribution in [3.05, 3.63) is 77.1 Å². The molecule has 2 aromatic heterocycles. The lowest BCUT2D eigenvalue weighted by molar-refractivity contribution is -0.116. The normalized spacial score (nSPS) is 15.0. The third kappa shape index (κ3) is 3.23. The number of H-pyrrole nitrogens is 1. The molecule has 0 saturated heterocycles. The zero-order valence-corrected chi connectivity index (χ0v) is 15.4. The molecule has 4 N–H and O–H groups in total. The molecule has 140 valence electrons. The van der Waals surface area contributed by atoms with Crippen LogP contribution in [-0.4, -0.2) is 33.1 Å². The largest absolute Gasteiger partial charge is 0.358 e. The molecule has 0 spiro atoms. The van der Waals surface area contributed by atoms with Crippen LogP contribution in [-0.2, 0) is 11.2 Å². The monoisotopic (exact) mass is 372 g/mol. The van der Waals surface area contributed by atoms with Crippen molar-refractivity contribution < 1.29 is 4.79 Å². The van der Waals surface area contributed by atoms with Gasteiger partial charge in [-0.05, 0) is 37.1 Å². The molecule has 0 radical (unpaired) electrons. The van der Waals surface area contributed by atoms with E-state index in [1.165, 1.54) is 0 Å². The highest BCUT2D eigenvalue weighted by molar-refractivity contribution is 6.32. The van der Waals surface area contributed by atoms with Crippen LogP contribution in [0.5, 0.6) is 0 Å². The Bertz CT molecular complexity index is 1070. The van der Waals surface area contributed by atoms with E-state index < -0.39 is 0 Å². The summed E-state index contributed by atoms with van der Waals surface area (Å²) < 4.78 is 0. The Balaban J connectivity index is 1.86. The van der Waals surface area contributed by atoms with Gasteiger partial charge in [-0.3, -0.25) is 14.8 Å². The van der Waals surface area contributed by atoms with Crippen molar-refractivity contribution in [1.29, 1.82) is 0 Å². The van der Waals surface area contributed by atoms with Gasteiger partial charge in [0, 0.05) is 29.3 Å². The highest BCUT2D eigenvalue weighted by atomic mass is 16.2. The van der Waals surface area contributed by atoms with Gasteiger partial charge in [-0.1, -0.05) is 30.3 Å². The molecule has 1 aliphatic heterocycles. The van der Waals surface area contributed by atoms with E-state index in [1.54, 1.807) is 18.6 Å². The molecule has 7 nitrogen and oxygen atoms in total. The molecule has 0 atom stereocenters. The number of amides is 1. The highest BCUT2D eigenvalue weighted by Crippen LogP contribution is 2.32. The predicted octanol–water partition coefficient (Wildman–Crippen LogP) is 2.20. The van der Waals surface area contributed by atoms with Crippen LogP contribution in [0.1, 0.15) is 22.6 Å². The molecule has 28 heavy (non-hydrogen) atoms. The summed E-state index contributed by atoms with van der Waals surface area (Å²) in [7, 11) is 0. The first-order chi connectivity index (χ1) is 13.7. The van der Waals surface area contributed by atoms with Crippen LogP contribution in [0.15, 0.2) is 59.6 Å². The van der Waals surface area contributed by atoms with Gasteiger partial charge in [0.1, 0.15) is 11.4 Å². The summed E-state index contributed by atoms with van der Waals surface area (Å²) in [6.07, 6.45) is 7.31. The molecule has 1 aromatic carbocycles. The molecular weight excluding hydrogens is 352 g/mol. The number of aryl methyl sites for hydroxylation is 1. The van der Waals surface area contributed by atoms with E-state index in [0.717, 1.165) is 34.5 Å².